The fourth-order valence-electron chi connectivity index (χ4n) is 3.50. The number of H-pyrrole nitrogens is 1. The molecule has 28 heavy (non-hydrogen) atoms. The van der Waals surface area contributed by atoms with Gasteiger partial charge in [-0.1, -0.05) is 18.2 Å². The normalized spacial score (nSPS) is 18.0. The van der Waals surface area contributed by atoms with E-state index in [-0.39, 0.29) is 5.92 Å². The molecule has 0 atom stereocenters. The first kappa shape index (κ1) is 17.5. The third kappa shape index (κ3) is 3.56. The smallest absolute Gasteiger partial charge is 0.196 e. The molecule has 1 saturated carbocycles. The molecule has 3 heterocycles. The van der Waals surface area contributed by atoms with Crippen LogP contribution in [0.2, 0.25) is 0 Å². The summed E-state index contributed by atoms with van der Waals surface area (Å²) in [6.07, 6.45) is 2.02. The second-order valence-electron chi connectivity index (χ2n) is 7.54. The van der Waals surface area contributed by atoms with Gasteiger partial charge >= 0.3 is 0 Å². The molecule has 0 amide bonds. The topological polar surface area (TPSA) is 69.7 Å². The van der Waals surface area contributed by atoms with Crippen LogP contribution in [0.5, 0.6) is 0 Å². The number of hydrogen-bond acceptors (Lipinski definition) is 6. The molecule has 1 aliphatic carbocycles. The van der Waals surface area contributed by atoms with Crippen LogP contribution >= 0.6 is 11.8 Å². The molecule has 2 fully saturated rings. The number of aromatic amines is 1. The second-order valence-corrected chi connectivity index (χ2v) is 8.58. The van der Waals surface area contributed by atoms with Crippen LogP contribution in [-0.4, -0.2) is 38.9 Å². The van der Waals surface area contributed by atoms with E-state index in [4.69, 9.17) is 0 Å². The van der Waals surface area contributed by atoms with E-state index in [9.17, 15) is 4.39 Å². The minimum atomic E-state index is -1.05. The van der Waals surface area contributed by atoms with Crippen molar-refractivity contribution in [3.05, 3.63) is 48.2 Å². The van der Waals surface area contributed by atoms with Gasteiger partial charge in [0.05, 0.1) is 13.1 Å². The standard InChI is InChI=1S/C20H21FN6S/c1-13-9-17(26-25-13)22-16-10-18(27-11-20(21,12-27)14-7-8-14)24-19(23-16)28-15-5-3-2-4-6-15/h2-6,9-10,14H,7-8,11-12H2,1H3,(H2,22,23,24,25,26). The minimum Gasteiger partial charge on any atom is -0.350 e. The van der Waals surface area contributed by atoms with Gasteiger partial charge in [-0.2, -0.15) is 5.10 Å². The summed E-state index contributed by atoms with van der Waals surface area (Å²) in [6, 6.07) is 13.8. The van der Waals surface area contributed by atoms with E-state index in [1.165, 1.54) is 11.8 Å². The van der Waals surface area contributed by atoms with Crippen LogP contribution < -0.4 is 10.2 Å². The first-order chi connectivity index (χ1) is 13.6. The molecule has 0 unspecified atom stereocenters. The summed E-state index contributed by atoms with van der Waals surface area (Å²) in [7, 11) is 0. The molecule has 1 saturated heterocycles. The van der Waals surface area contributed by atoms with Crippen molar-refractivity contribution in [3.8, 4) is 0 Å². The van der Waals surface area contributed by atoms with Crippen LogP contribution in [0, 0.1) is 12.8 Å². The average Bonchev–Trinajstić information content (AvgIpc) is 3.43. The largest absolute Gasteiger partial charge is 0.350 e. The molecule has 144 valence electrons. The van der Waals surface area contributed by atoms with Crippen LogP contribution in [0.3, 0.4) is 0 Å². The molecule has 2 aromatic heterocycles. The highest BCUT2D eigenvalue weighted by Crippen LogP contribution is 2.48. The number of aryl methyl sites for hydroxylation is 1. The van der Waals surface area contributed by atoms with Crippen molar-refractivity contribution in [1.82, 2.24) is 20.2 Å². The average molecular weight is 396 g/mol. The zero-order valence-electron chi connectivity index (χ0n) is 15.5. The summed E-state index contributed by atoms with van der Waals surface area (Å²) in [4.78, 5) is 12.4. The molecular formula is C20H21FN6S. The maximum Gasteiger partial charge on any atom is 0.196 e. The Morgan fingerprint density at radius 3 is 2.61 bits per heavy atom. The fourth-order valence-corrected chi connectivity index (χ4v) is 4.29. The van der Waals surface area contributed by atoms with Crippen molar-refractivity contribution >= 4 is 29.2 Å². The lowest BCUT2D eigenvalue weighted by molar-refractivity contribution is 0.0924. The van der Waals surface area contributed by atoms with E-state index in [1.807, 2.05) is 54.3 Å². The van der Waals surface area contributed by atoms with Crippen LogP contribution in [0.25, 0.3) is 0 Å². The zero-order valence-corrected chi connectivity index (χ0v) is 16.3. The van der Waals surface area contributed by atoms with Crippen LogP contribution in [0.15, 0.2) is 52.5 Å². The molecule has 2 N–H and O–H groups in total. The van der Waals surface area contributed by atoms with Crippen molar-refractivity contribution in [2.45, 2.75) is 35.5 Å². The number of nitrogens with zero attached hydrogens (tertiary/aromatic N) is 4. The van der Waals surface area contributed by atoms with Crippen LogP contribution in [0.4, 0.5) is 21.8 Å². The Bertz CT molecular complexity index is 981. The number of aromatic nitrogens is 4. The number of halogens is 1. The third-order valence-electron chi connectivity index (χ3n) is 5.15. The van der Waals surface area contributed by atoms with Crippen molar-refractivity contribution in [3.63, 3.8) is 0 Å². The van der Waals surface area contributed by atoms with E-state index in [1.54, 1.807) is 0 Å². The molecule has 3 aromatic rings. The quantitative estimate of drug-likeness (QED) is 0.604. The number of hydrogen-bond donors (Lipinski definition) is 2. The van der Waals surface area contributed by atoms with Crippen molar-refractivity contribution < 1.29 is 4.39 Å². The van der Waals surface area contributed by atoms with E-state index in [2.05, 4.69) is 25.5 Å². The molecular weight excluding hydrogens is 375 g/mol. The van der Waals surface area contributed by atoms with Gasteiger partial charge in [0.15, 0.2) is 11.0 Å². The molecule has 1 aromatic carbocycles. The van der Waals surface area contributed by atoms with Gasteiger partial charge < -0.3 is 10.2 Å². The minimum absolute atomic E-state index is 0.230. The van der Waals surface area contributed by atoms with E-state index in [0.29, 0.717) is 29.9 Å². The highest BCUT2D eigenvalue weighted by molar-refractivity contribution is 7.99. The van der Waals surface area contributed by atoms with Crippen molar-refractivity contribution in [2.24, 2.45) is 5.92 Å². The van der Waals surface area contributed by atoms with Gasteiger partial charge in [0.2, 0.25) is 0 Å². The number of benzene rings is 1. The summed E-state index contributed by atoms with van der Waals surface area (Å²) >= 11 is 1.49. The van der Waals surface area contributed by atoms with Crippen molar-refractivity contribution in [2.75, 3.05) is 23.3 Å². The number of anilines is 3. The molecule has 0 spiro atoms. The van der Waals surface area contributed by atoms with Gasteiger partial charge in [0, 0.05) is 22.7 Å². The summed E-state index contributed by atoms with van der Waals surface area (Å²) in [5.41, 5.74) is -0.0880. The number of rotatable bonds is 6. The Morgan fingerprint density at radius 1 is 1.14 bits per heavy atom. The second kappa shape index (κ2) is 6.77. The van der Waals surface area contributed by atoms with Gasteiger partial charge in [-0.3, -0.25) is 5.10 Å². The molecule has 2 aliphatic rings. The van der Waals surface area contributed by atoms with Gasteiger partial charge in [0.25, 0.3) is 0 Å². The summed E-state index contributed by atoms with van der Waals surface area (Å²) < 4.78 is 14.8. The number of alkyl halides is 1. The lowest BCUT2D eigenvalue weighted by Crippen LogP contribution is -2.60. The van der Waals surface area contributed by atoms with E-state index in [0.717, 1.165) is 29.2 Å². The third-order valence-corrected chi connectivity index (χ3v) is 6.02. The maximum absolute atomic E-state index is 14.8. The number of nitrogens with one attached hydrogen (secondary N) is 2. The lowest BCUT2D eigenvalue weighted by Gasteiger charge is -2.45. The van der Waals surface area contributed by atoms with Crippen LogP contribution in [0.1, 0.15) is 18.5 Å². The molecule has 5 rings (SSSR count). The predicted octanol–water partition coefficient (Wildman–Crippen LogP) is 4.34. The first-order valence-corrected chi connectivity index (χ1v) is 10.2. The van der Waals surface area contributed by atoms with Gasteiger partial charge in [-0.05, 0) is 49.6 Å². The predicted molar refractivity (Wildman–Crippen MR) is 108 cm³/mol. The highest BCUT2D eigenvalue weighted by Gasteiger charge is 2.54. The highest BCUT2D eigenvalue weighted by atomic mass is 32.2. The van der Waals surface area contributed by atoms with Crippen LogP contribution in [-0.2, 0) is 0 Å². The zero-order chi connectivity index (χ0) is 19.1. The molecule has 0 bridgehead atoms. The van der Waals surface area contributed by atoms with Crippen molar-refractivity contribution in [1.29, 1.82) is 0 Å². The Labute approximate surface area is 167 Å². The Hall–Kier alpha value is -2.61. The molecule has 6 nitrogen and oxygen atoms in total. The monoisotopic (exact) mass is 396 g/mol. The molecule has 1 aliphatic heterocycles. The van der Waals surface area contributed by atoms with Gasteiger partial charge in [0.1, 0.15) is 17.3 Å². The summed E-state index contributed by atoms with van der Waals surface area (Å²) in [6.45, 7) is 2.76. The Morgan fingerprint density at radius 2 is 1.93 bits per heavy atom. The van der Waals surface area contributed by atoms with E-state index < -0.39 is 5.67 Å². The SMILES string of the molecule is Cc1cc(Nc2cc(N3CC(F)(C4CC4)C3)nc(Sc3ccccc3)n2)n[nH]1. The maximum atomic E-state index is 14.8. The Kier molecular flexibility index (Phi) is 4.23. The Balaban J connectivity index is 1.41. The first-order valence-electron chi connectivity index (χ1n) is 9.42. The summed E-state index contributed by atoms with van der Waals surface area (Å²) in [5.74, 6) is 2.32. The lowest BCUT2D eigenvalue weighted by atomic mass is 9.91. The van der Waals surface area contributed by atoms with E-state index >= 15 is 0 Å². The fraction of sp³-hybridized carbons (Fsp3) is 0.350. The van der Waals surface area contributed by atoms with Gasteiger partial charge in [-0.15, -0.1) is 0 Å². The molecule has 8 heteroatoms. The summed E-state index contributed by atoms with van der Waals surface area (Å²) in [5, 5.41) is 11.0. The molecule has 0 radical (unpaired) electrons. The van der Waals surface area contributed by atoms with Gasteiger partial charge in [-0.25, -0.2) is 14.4 Å².